The monoisotopic (exact) mass is 359 g/mol. The fraction of sp³-hybridized carbons (Fsp3) is 0.381. The molecule has 1 N–H and O–H groups in total. The van der Waals surface area contributed by atoms with E-state index in [-0.39, 0.29) is 18.6 Å². The van der Waals surface area contributed by atoms with Gasteiger partial charge in [-0.1, -0.05) is 55.8 Å². The van der Waals surface area contributed by atoms with Crippen LogP contribution in [0.5, 0.6) is 5.75 Å². The Morgan fingerprint density at radius 2 is 1.72 bits per heavy atom. The van der Waals surface area contributed by atoms with Crippen molar-refractivity contribution in [3.8, 4) is 5.75 Å². The molecule has 0 spiro atoms. The maximum atomic E-state index is 12.4. The van der Waals surface area contributed by atoms with Crippen molar-refractivity contribution < 1.29 is 9.53 Å². The molecule has 2 aromatic rings. The molecule has 2 rings (SSSR count). The molecule has 0 heterocycles. The summed E-state index contributed by atoms with van der Waals surface area (Å²) in [5.74, 6) is 1.02. The smallest absolute Gasteiger partial charge is 0.258 e. The lowest BCUT2D eigenvalue weighted by Gasteiger charge is -2.21. The van der Waals surface area contributed by atoms with Gasteiger partial charge in [0.15, 0.2) is 6.61 Å². The van der Waals surface area contributed by atoms with Crippen LogP contribution in [0.2, 0.25) is 5.02 Å². The van der Waals surface area contributed by atoms with Gasteiger partial charge in [-0.3, -0.25) is 4.79 Å². The molecule has 134 valence electrons. The quantitative estimate of drug-likeness (QED) is 0.734. The van der Waals surface area contributed by atoms with Crippen LogP contribution in [0.3, 0.4) is 0 Å². The molecule has 0 radical (unpaired) electrons. The number of rotatable bonds is 7. The van der Waals surface area contributed by atoms with Gasteiger partial charge in [-0.25, -0.2) is 0 Å². The highest BCUT2D eigenvalue weighted by Crippen LogP contribution is 2.26. The fourth-order valence-corrected chi connectivity index (χ4v) is 2.92. The summed E-state index contributed by atoms with van der Waals surface area (Å²) >= 11 is 6.16. The van der Waals surface area contributed by atoms with Gasteiger partial charge in [-0.15, -0.1) is 0 Å². The first-order chi connectivity index (χ1) is 11.9. The predicted molar refractivity (Wildman–Crippen MR) is 103 cm³/mol. The van der Waals surface area contributed by atoms with E-state index < -0.39 is 0 Å². The van der Waals surface area contributed by atoms with E-state index >= 15 is 0 Å². The summed E-state index contributed by atoms with van der Waals surface area (Å²) in [7, 11) is 0. The Bertz CT molecular complexity index is 690. The molecular formula is C21H26ClNO2. The van der Waals surface area contributed by atoms with Crippen molar-refractivity contribution in [3.05, 3.63) is 64.2 Å². The third-order valence-electron chi connectivity index (χ3n) is 4.02. The van der Waals surface area contributed by atoms with E-state index in [1.54, 1.807) is 0 Å². The van der Waals surface area contributed by atoms with Gasteiger partial charge >= 0.3 is 0 Å². The lowest BCUT2D eigenvalue weighted by molar-refractivity contribution is -0.124. The highest BCUT2D eigenvalue weighted by atomic mass is 35.5. The topological polar surface area (TPSA) is 38.3 Å². The Morgan fingerprint density at radius 3 is 2.28 bits per heavy atom. The number of amides is 1. The second-order valence-electron chi connectivity index (χ2n) is 6.82. The minimum Gasteiger partial charge on any atom is -0.484 e. The van der Waals surface area contributed by atoms with Gasteiger partial charge in [-0.05, 0) is 55.0 Å². The molecule has 0 bridgehead atoms. The molecular weight excluding hydrogens is 334 g/mol. The maximum absolute atomic E-state index is 12.4. The van der Waals surface area contributed by atoms with Crippen molar-refractivity contribution in [3.63, 3.8) is 0 Å². The molecule has 0 saturated carbocycles. The number of carbonyl (C=O) groups excluding carboxylic acids is 1. The van der Waals surface area contributed by atoms with Crippen LogP contribution in [0.4, 0.5) is 0 Å². The van der Waals surface area contributed by atoms with Gasteiger partial charge in [0.25, 0.3) is 5.91 Å². The second kappa shape index (κ2) is 8.91. The van der Waals surface area contributed by atoms with Crippen molar-refractivity contribution in [1.29, 1.82) is 0 Å². The van der Waals surface area contributed by atoms with Crippen LogP contribution in [0.1, 0.15) is 43.0 Å². The average Bonchev–Trinajstić information content (AvgIpc) is 2.57. The Morgan fingerprint density at radius 1 is 1.12 bits per heavy atom. The number of hydrogen-bond acceptors (Lipinski definition) is 2. The molecule has 0 fully saturated rings. The zero-order valence-corrected chi connectivity index (χ0v) is 16.1. The summed E-state index contributed by atoms with van der Waals surface area (Å²) in [5.41, 5.74) is 3.00. The van der Waals surface area contributed by atoms with Gasteiger partial charge in [0, 0.05) is 5.02 Å². The Hall–Kier alpha value is -2.00. The molecule has 0 aliphatic rings. The van der Waals surface area contributed by atoms with Crippen LogP contribution < -0.4 is 10.1 Å². The molecule has 0 aromatic heterocycles. The van der Waals surface area contributed by atoms with E-state index in [4.69, 9.17) is 16.3 Å². The summed E-state index contributed by atoms with van der Waals surface area (Å²) in [6.45, 7) is 8.14. The molecule has 1 atom stereocenters. The van der Waals surface area contributed by atoms with E-state index in [0.29, 0.717) is 11.7 Å². The number of ether oxygens (including phenoxy) is 1. The number of benzene rings is 2. The number of nitrogens with one attached hydrogen (secondary N) is 1. The third kappa shape index (κ3) is 5.79. The average molecular weight is 360 g/mol. The first kappa shape index (κ1) is 19.3. The molecule has 25 heavy (non-hydrogen) atoms. The first-order valence-electron chi connectivity index (χ1n) is 8.60. The highest BCUT2D eigenvalue weighted by molar-refractivity contribution is 6.32. The summed E-state index contributed by atoms with van der Waals surface area (Å²) < 4.78 is 5.66. The highest BCUT2D eigenvalue weighted by Gasteiger charge is 2.16. The minimum atomic E-state index is -0.125. The van der Waals surface area contributed by atoms with E-state index in [0.717, 1.165) is 28.1 Å². The van der Waals surface area contributed by atoms with Crippen molar-refractivity contribution in [1.82, 2.24) is 5.32 Å². The van der Waals surface area contributed by atoms with Crippen molar-refractivity contribution in [2.45, 2.75) is 40.2 Å². The van der Waals surface area contributed by atoms with E-state index in [1.165, 1.54) is 0 Å². The van der Waals surface area contributed by atoms with Crippen LogP contribution in [0.15, 0.2) is 42.5 Å². The van der Waals surface area contributed by atoms with Gasteiger partial charge in [-0.2, -0.15) is 0 Å². The predicted octanol–water partition coefficient (Wildman–Crippen LogP) is 5.24. The summed E-state index contributed by atoms with van der Waals surface area (Å²) in [6.07, 6.45) is 0.884. The first-order valence-corrected chi connectivity index (χ1v) is 8.98. The molecule has 2 aromatic carbocycles. The normalized spacial score (nSPS) is 12.1. The number of hydrogen-bond donors (Lipinski definition) is 1. The number of carbonyl (C=O) groups is 1. The maximum Gasteiger partial charge on any atom is 0.258 e. The Balaban J connectivity index is 1.99. The van der Waals surface area contributed by atoms with Gasteiger partial charge in [0.2, 0.25) is 0 Å². The minimum absolute atomic E-state index is 0.00834. The number of halogens is 1. The molecule has 0 unspecified atom stereocenters. The SMILES string of the molecule is Cc1cc(OCC(=O)N[C@H](CC(C)C)c2ccccc2)cc(C)c1Cl. The van der Waals surface area contributed by atoms with Gasteiger partial charge in [0.05, 0.1) is 6.04 Å². The van der Waals surface area contributed by atoms with Gasteiger partial charge < -0.3 is 10.1 Å². The Labute approximate surface area is 155 Å². The fourth-order valence-electron chi connectivity index (χ4n) is 2.81. The lowest BCUT2D eigenvalue weighted by atomic mass is 9.97. The van der Waals surface area contributed by atoms with E-state index in [2.05, 4.69) is 19.2 Å². The summed E-state index contributed by atoms with van der Waals surface area (Å²) in [5, 5.41) is 3.82. The van der Waals surface area contributed by atoms with Crippen molar-refractivity contribution in [2.75, 3.05) is 6.61 Å². The molecule has 3 nitrogen and oxygen atoms in total. The molecule has 0 aliphatic heterocycles. The largest absolute Gasteiger partial charge is 0.484 e. The third-order valence-corrected chi connectivity index (χ3v) is 4.62. The molecule has 0 saturated heterocycles. The van der Waals surface area contributed by atoms with Crippen LogP contribution in [-0.2, 0) is 4.79 Å². The second-order valence-corrected chi connectivity index (χ2v) is 7.20. The molecule has 4 heteroatoms. The lowest BCUT2D eigenvalue weighted by Crippen LogP contribution is -2.33. The Kier molecular flexibility index (Phi) is 6.89. The molecule has 0 aliphatic carbocycles. The zero-order valence-electron chi connectivity index (χ0n) is 15.3. The zero-order chi connectivity index (χ0) is 18.4. The van der Waals surface area contributed by atoms with Crippen molar-refractivity contribution in [2.24, 2.45) is 5.92 Å². The van der Waals surface area contributed by atoms with Crippen LogP contribution in [0, 0.1) is 19.8 Å². The standard InChI is InChI=1S/C21H26ClNO2/c1-14(2)10-19(17-8-6-5-7-9-17)23-20(24)13-25-18-11-15(3)21(22)16(4)12-18/h5-9,11-12,14,19H,10,13H2,1-4H3,(H,23,24)/t19-/m1/s1. The van der Waals surface area contributed by atoms with Crippen molar-refractivity contribution >= 4 is 17.5 Å². The van der Waals surface area contributed by atoms with E-state index in [1.807, 2.05) is 56.3 Å². The summed E-state index contributed by atoms with van der Waals surface area (Å²) in [6, 6.07) is 13.7. The van der Waals surface area contributed by atoms with Crippen LogP contribution >= 0.6 is 11.6 Å². The van der Waals surface area contributed by atoms with Gasteiger partial charge in [0.1, 0.15) is 5.75 Å². The van der Waals surface area contributed by atoms with E-state index in [9.17, 15) is 4.79 Å². The van der Waals surface area contributed by atoms with Crippen LogP contribution in [0.25, 0.3) is 0 Å². The number of aryl methyl sites for hydroxylation is 2. The van der Waals surface area contributed by atoms with Crippen LogP contribution in [-0.4, -0.2) is 12.5 Å². The molecule has 1 amide bonds. The summed E-state index contributed by atoms with van der Waals surface area (Å²) in [4.78, 5) is 12.4.